The Hall–Kier alpha value is -3.85. The van der Waals surface area contributed by atoms with Gasteiger partial charge in [-0.15, -0.1) is 22.6 Å². The number of amides is 2. The fraction of sp³-hybridized carbons (Fsp3) is 0.222. The number of urea groups is 1. The first-order valence-electron chi connectivity index (χ1n) is 11.7. The maximum Gasteiger partial charge on any atom is 0.322 e. The number of rotatable bonds is 4. The van der Waals surface area contributed by atoms with E-state index in [-0.39, 0.29) is 30.0 Å². The summed E-state index contributed by atoms with van der Waals surface area (Å²) < 4.78 is 40.7. The second-order valence-electron chi connectivity index (χ2n) is 8.68. The molecule has 1 aromatic heterocycles. The highest BCUT2D eigenvalue weighted by Gasteiger charge is 2.31. The van der Waals surface area contributed by atoms with E-state index >= 15 is 0 Å². The van der Waals surface area contributed by atoms with E-state index in [0.29, 0.717) is 37.6 Å². The van der Waals surface area contributed by atoms with Crippen molar-refractivity contribution in [3.05, 3.63) is 84.2 Å². The van der Waals surface area contributed by atoms with Gasteiger partial charge in [-0.05, 0) is 42.8 Å². The van der Waals surface area contributed by atoms with Crippen LogP contribution in [-0.4, -0.2) is 46.8 Å². The van der Waals surface area contributed by atoms with E-state index in [0.717, 1.165) is 28.5 Å². The highest BCUT2D eigenvalue weighted by molar-refractivity contribution is 6.00. The summed E-state index contributed by atoms with van der Waals surface area (Å²) in [6.45, 7) is 3.39. The number of hydrogen-bond donors (Lipinski definition) is 1. The van der Waals surface area contributed by atoms with Gasteiger partial charge >= 0.3 is 6.03 Å². The number of piperazine rings is 1. The van der Waals surface area contributed by atoms with Crippen LogP contribution in [0.5, 0.6) is 0 Å². The van der Waals surface area contributed by atoms with Crippen LogP contribution in [0.1, 0.15) is 13.3 Å². The Morgan fingerprint density at radius 3 is 2.35 bits per heavy atom. The molecule has 3 aromatic carbocycles. The Balaban J connectivity index is 0.00000320. The van der Waals surface area contributed by atoms with Crippen molar-refractivity contribution in [3.8, 4) is 11.3 Å². The number of nitrogens with one attached hydrogen (secondary N) is 1. The number of carbonyl (C=O) groups is 1. The minimum atomic E-state index is -0.821. The van der Waals surface area contributed by atoms with Crippen molar-refractivity contribution in [2.45, 2.75) is 19.4 Å². The Morgan fingerprint density at radius 1 is 0.946 bits per heavy atom. The van der Waals surface area contributed by atoms with E-state index in [1.165, 1.54) is 18.2 Å². The Labute approximate surface area is 218 Å². The average Bonchev–Trinajstić information content (AvgIpc) is 2.90. The first kappa shape index (κ1) is 26.2. The first-order chi connectivity index (χ1) is 17.4. The van der Waals surface area contributed by atoms with Gasteiger partial charge in [-0.2, -0.15) is 0 Å². The van der Waals surface area contributed by atoms with Crippen molar-refractivity contribution in [1.29, 1.82) is 0 Å². The van der Waals surface area contributed by atoms with Crippen LogP contribution >= 0.6 is 12.4 Å². The number of hydrogen-bond acceptors (Lipinski definition) is 4. The zero-order valence-corrected chi connectivity index (χ0v) is 20.8. The molecular formula is C27H25ClF3N5O. The molecule has 1 fully saturated rings. The second-order valence-corrected chi connectivity index (χ2v) is 8.68. The van der Waals surface area contributed by atoms with Crippen LogP contribution in [-0.2, 0) is 0 Å². The monoisotopic (exact) mass is 527 g/mol. The van der Waals surface area contributed by atoms with Gasteiger partial charge in [-0.3, -0.25) is 0 Å². The van der Waals surface area contributed by atoms with Crippen molar-refractivity contribution in [2.24, 2.45) is 0 Å². The molecule has 37 heavy (non-hydrogen) atoms. The van der Waals surface area contributed by atoms with Gasteiger partial charge in [0, 0.05) is 42.0 Å². The zero-order chi connectivity index (χ0) is 25.2. The fourth-order valence-corrected chi connectivity index (χ4v) is 4.59. The third-order valence-corrected chi connectivity index (χ3v) is 6.47. The van der Waals surface area contributed by atoms with E-state index in [1.807, 2.05) is 31.2 Å². The van der Waals surface area contributed by atoms with Crippen molar-refractivity contribution >= 4 is 40.7 Å². The van der Waals surface area contributed by atoms with Gasteiger partial charge < -0.3 is 15.1 Å². The summed E-state index contributed by atoms with van der Waals surface area (Å²) in [6.07, 6.45) is 0.675. The summed E-state index contributed by atoms with van der Waals surface area (Å²) in [4.78, 5) is 16.7. The summed E-state index contributed by atoms with van der Waals surface area (Å²) in [5, 5.41) is 13.4. The topological polar surface area (TPSA) is 61.4 Å². The molecule has 6 nitrogen and oxygen atoms in total. The molecule has 1 aliphatic rings. The lowest BCUT2D eigenvalue weighted by Crippen LogP contribution is -2.56. The zero-order valence-electron chi connectivity index (χ0n) is 20.0. The summed E-state index contributed by atoms with van der Waals surface area (Å²) in [5.41, 5.74) is 1.38. The SMILES string of the molecule is CC[C@H]1CN(c2nnc(-c3ccc(F)cc3)c3ccccc23)CCN1C(=O)Nc1ccc(F)cc1F.Cl. The van der Waals surface area contributed by atoms with Gasteiger partial charge in [-0.1, -0.05) is 31.2 Å². The molecule has 4 aromatic rings. The van der Waals surface area contributed by atoms with Crippen LogP contribution in [0.15, 0.2) is 66.7 Å². The van der Waals surface area contributed by atoms with Crippen molar-refractivity contribution in [2.75, 3.05) is 29.9 Å². The largest absolute Gasteiger partial charge is 0.351 e. The summed E-state index contributed by atoms with van der Waals surface area (Å²) in [5.74, 6) is -1.13. The quantitative estimate of drug-likeness (QED) is 0.340. The predicted octanol–water partition coefficient (Wildman–Crippen LogP) is 6.27. The van der Waals surface area contributed by atoms with Crippen LogP contribution in [0.25, 0.3) is 22.0 Å². The van der Waals surface area contributed by atoms with E-state index in [1.54, 1.807) is 17.0 Å². The third kappa shape index (κ3) is 5.32. The van der Waals surface area contributed by atoms with E-state index < -0.39 is 17.7 Å². The number of aromatic nitrogens is 2. The van der Waals surface area contributed by atoms with E-state index in [4.69, 9.17) is 0 Å². The maximum absolute atomic E-state index is 14.0. The summed E-state index contributed by atoms with van der Waals surface area (Å²) in [6, 6.07) is 16.4. The van der Waals surface area contributed by atoms with Crippen LogP contribution in [0.2, 0.25) is 0 Å². The summed E-state index contributed by atoms with van der Waals surface area (Å²) >= 11 is 0. The van der Waals surface area contributed by atoms with Gasteiger partial charge in [-0.25, -0.2) is 18.0 Å². The Morgan fingerprint density at radius 2 is 1.65 bits per heavy atom. The molecule has 0 spiro atoms. The normalized spacial score (nSPS) is 15.4. The smallest absolute Gasteiger partial charge is 0.322 e. The number of carbonyl (C=O) groups excluding carboxylic acids is 1. The number of anilines is 2. The molecule has 2 heterocycles. The van der Waals surface area contributed by atoms with Gasteiger partial charge in [0.15, 0.2) is 5.82 Å². The number of nitrogens with zero attached hydrogens (tertiary/aromatic N) is 4. The molecule has 1 saturated heterocycles. The lowest BCUT2D eigenvalue weighted by Gasteiger charge is -2.41. The molecule has 1 aliphatic heterocycles. The van der Waals surface area contributed by atoms with Crippen LogP contribution in [0.3, 0.4) is 0 Å². The van der Waals surface area contributed by atoms with Gasteiger partial charge in [0.25, 0.3) is 0 Å². The van der Waals surface area contributed by atoms with Crippen molar-refractivity contribution < 1.29 is 18.0 Å². The highest BCUT2D eigenvalue weighted by atomic mass is 35.5. The molecule has 1 N–H and O–H groups in total. The molecule has 0 radical (unpaired) electrons. The molecule has 0 bridgehead atoms. The fourth-order valence-electron chi connectivity index (χ4n) is 4.59. The number of benzene rings is 3. The molecule has 192 valence electrons. The van der Waals surface area contributed by atoms with Gasteiger partial charge in [0.2, 0.25) is 0 Å². The van der Waals surface area contributed by atoms with Gasteiger partial charge in [0.1, 0.15) is 23.1 Å². The molecule has 10 heteroatoms. The average molecular weight is 528 g/mol. The minimum absolute atomic E-state index is 0. The molecule has 2 amide bonds. The maximum atomic E-state index is 14.0. The van der Waals surface area contributed by atoms with Crippen LogP contribution < -0.4 is 10.2 Å². The predicted molar refractivity (Wildman–Crippen MR) is 141 cm³/mol. The Kier molecular flexibility index (Phi) is 7.83. The molecular weight excluding hydrogens is 503 g/mol. The van der Waals surface area contributed by atoms with Gasteiger partial charge in [0.05, 0.1) is 11.7 Å². The molecule has 1 atom stereocenters. The molecule has 0 aliphatic carbocycles. The van der Waals surface area contributed by atoms with Crippen LogP contribution in [0.4, 0.5) is 29.5 Å². The lowest BCUT2D eigenvalue weighted by atomic mass is 10.0. The minimum Gasteiger partial charge on any atom is -0.351 e. The second kappa shape index (κ2) is 11.0. The molecule has 5 rings (SSSR count). The highest BCUT2D eigenvalue weighted by Crippen LogP contribution is 2.32. The number of halogens is 4. The van der Waals surface area contributed by atoms with E-state index in [2.05, 4.69) is 20.4 Å². The Bertz CT molecular complexity index is 1420. The molecule has 0 saturated carbocycles. The van der Waals surface area contributed by atoms with E-state index in [9.17, 15) is 18.0 Å². The standard InChI is InChI=1S/C27H24F3N5O.ClH/c1-2-20-16-34(13-14-35(20)27(36)31-24-12-11-19(29)15-23(24)30)26-22-6-4-3-5-21(22)25(32-33-26)17-7-9-18(28)10-8-17;/h3-12,15,20H,2,13-14,16H2,1H3,(H,31,36);1H/t20-;/m0./s1. The van der Waals surface area contributed by atoms with Crippen LogP contribution in [0, 0.1) is 17.5 Å². The third-order valence-electron chi connectivity index (χ3n) is 6.47. The lowest BCUT2D eigenvalue weighted by molar-refractivity contribution is 0.176. The molecule has 0 unspecified atom stereocenters. The first-order valence-corrected chi connectivity index (χ1v) is 11.7. The number of fused-ring (bicyclic) bond motifs is 1. The van der Waals surface area contributed by atoms with Crippen molar-refractivity contribution in [1.82, 2.24) is 15.1 Å². The summed E-state index contributed by atoms with van der Waals surface area (Å²) in [7, 11) is 0. The van der Waals surface area contributed by atoms with Crippen molar-refractivity contribution in [3.63, 3.8) is 0 Å².